The smallest absolute Gasteiger partial charge is 0.404 e. The second-order valence-electron chi connectivity index (χ2n) is 2.37. The summed E-state index contributed by atoms with van der Waals surface area (Å²) >= 11 is 0. The molecule has 0 atom stereocenters. The summed E-state index contributed by atoms with van der Waals surface area (Å²) in [6, 6.07) is 0. The molecule has 0 fully saturated rings. The number of nitrogens with two attached hydrogens (primary N) is 1. The molecule has 0 aliphatic carbocycles. The largest absolute Gasteiger partial charge is 0.460 e. The van der Waals surface area contributed by atoms with Crippen LogP contribution in [0.3, 0.4) is 0 Å². The lowest BCUT2D eigenvalue weighted by atomic mass is 10.1. The van der Waals surface area contributed by atoms with Gasteiger partial charge in [-0.15, -0.1) is 0 Å². The van der Waals surface area contributed by atoms with Crippen molar-refractivity contribution < 1.29 is 35.5 Å². The Balaban J connectivity index is 5.28. The zero-order chi connectivity index (χ0) is 12.5. The molecule has 0 unspecified atom stereocenters. The van der Waals surface area contributed by atoms with Gasteiger partial charge in [-0.25, -0.2) is 0 Å². The Morgan fingerprint density at radius 1 is 1.00 bits per heavy atom. The molecular weight excluding hydrogens is 235 g/mol. The lowest BCUT2D eigenvalue weighted by molar-refractivity contribution is -0.342. The highest BCUT2D eigenvalue weighted by molar-refractivity contribution is 5.96. The van der Waals surface area contributed by atoms with E-state index in [0.29, 0.717) is 0 Å². The van der Waals surface area contributed by atoms with Gasteiger partial charge in [-0.1, -0.05) is 0 Å². The van der Waals surface area contributed by atoms with Gasteiger partial charge in [0.2, 0.25) is 5.78 Å². The SMILES string of the molecule is N/C=C\C(=O)C(F)(F)C(F)(F)C(F)(F)F. The number of ketones is 1. The number of hydrogen-bond donors (Lipinski definition) is 1. The molecule has 9 heteroatoms. The molecule has 0 amide bonds. The number of rotatable bonds is 3. The van der Waals surface area contributed by atoms with Crippen LogP contribution < -0.4 is 5.73 Å². The minimum absolute atomic E-state index is 0.142. The first-order valence-electron chi connectivity index (χ1n) is 3.23. The Hall–Kier alpha value is -1.28. The first-order valence-corrected chi connectivity index (χ1v) is 3.23. The molecule has 88 valence electrons. The average molecular weight is 239 g/mol. The molecule has 2 nitrogen and oxygen atoms in total. The minimum atomic E-state index is -6.52. The first kappa shape index (κ1) is 13.7. The van der Waals surface area contributed by atoms with Gasteiger partial charge in [0, 0.05) is 6.08 Å². The number of alkyl halides is 7. The molecule has 0 aliphatic heterocycles. The Morgan fingerprint density at radius 2 is 1.40 bits per heavy atom. The normalized spacial score (nSPS) is 14.6. The van der Waals surface area contributed by atoms with Gasteiger partial charge in [-0.3, -0.25) is 4.79 Å². The lowest BCUT2D eigenvalue weighted by Gasteiger charge is -2.25. The van der Waals surface area contributed by atoms with E-state index >= 15 is 0 Å². The molecule has 0 aromatic rings. The van der Waals surface area contributed by atoms with Crippen molar-refractivity contribution in [2.75, 3.05) is 0 Å². The van der Waals surface area contributed by atoms with Gasteiger partial charge in [0.1, 0.15) is 0 Å². The maximum atomic E-state index is 12.4. The van der Waals surface area contributed by atoms with Crippen LogP contribution in [0.1, 0.15) is 0 Å². The van der Waals surface area contributed by atoms with Crippen LogP contribution in [0.25, 0.3) is 0 Å². The molecule has 2 N–H and O–H groups in total. The molecule has 0 saturated heterocycles. The zero-order valence-corrected chi connectivity index (χ0v) is 6.79. The lowest BCUT2D eigenvalue weighted by Crippen LogP contribution is -2.55. The van der Waals surface area contributed by atoms with E-state index in [1.807, 2.05) is 0 Å². The van der Waals surface area contributed by atoms with Crippen LogP contribution in [-0.4, -0.2) is 23.8 Å². The van der Waals surface area contributed by atoms with Crippen molar-refractivity contribution >= 4 is 5.78 Å². The fourth-order valence-electron chi connectivity index (χ4n) is 0.525. The van der Waals surface area contributed by atoms with Gasteiger partial charge in [-0.2, -0.15) is 30.7 Å². The van der Waals surface area contributed by atoms with Crippen LogP contribution in [0.15, 0.2) is 12.3 Å². The quantitative estimate of drug-likeness (QED) is 0.603. The van der Waals surface area contributed by atoms with E-state index in [1.54, 1.807) is 0 Å². The number of halogens is 7. The summed E-state index contributed by atoms with van der Waals surface area (Å²) in [6.07, 6.45) is -6.64. The van der Waals surface area contributed by atoms with Gasteiger partial charge < -0.3 is 5.73 Å². The number of carbonyl (C=O) groups is 1. The predicted molar refractivity (Wildman–Crippen MR) is 34.3 cm³/mol. The van der Waals surface area contributed by atoms with Crippen LogP contribution in [0, 0.1) is 0 Å². The van der Waals surface area contributed by atoms with Crippen molar-refractivity contribution in [2.45, 2.75) is 18.0 Å². The minimum Gasteiger partial charge on any atom is -0.404 e. The molecule has 0 heterocycles. The highest BCUT2D eigenvalue weighted by Gasteiger charge is 2.75. The first-order chi connectivity index (χ1) is 6.48. The Kier molecular flexibility index (Phi) is 3.39. The van der Waals surface area contributed by atoms with E-state index in [2.05, 4.69) is 5.73 Å². The Bertz CT molecular complexity index is 280. The highest BCUT2D eigenvalue weighted by Crippen LogP contribution is 2.46. The maximum Gasteiger partial charge on any atom is 0.460 e. The van der Waals surface area contributed by atoms with Crippen molar-refractivity contribution in [3.05, 3.63) is 12.3 Å². The van der Waals surface area contributed by atoms with Crippen LogP contribution in [0.2, 0.25) is 0 Å². The molecule has 0 radical (unpaired) electrons. The average Bonchev–Trinajstić information content (AvgIpc) is 2.02. The molecular formula is C6H4F7NO. The molecule has 0 aliphatic rings. The standard InChI is InChI=1S/C6H4F7NO/c7-4(8,3(15)1-2-14)5(9,10)6(11,12)13/h1-2H,14H2/b2-1-. The van der Waals surface area contributed by atoms with Crippen molar-refractivity contribution in [3.63, 3.8) is 0 Å². The molecule has 0 aromatic carbocycles. The van der Waals surface area contributed by atoms with E-state index in [0.717, 1.165) is 0 Å². The third-order valence-electron chi connectivity index (χ3n) is 1.31. The van der Waals surface area contributed by atoms with E-state index in [4.69, 9.17) is 0 Å². The molecule has 0 spiro atoms. The number of carbonyl (C=O) groups excluding carboxylic acids is 1. The molecule has 15 heavy (non-hydrogen) atoms. The topological polar surface area (TPSA) is 43.1 Å². The summed E-state index contributed by atoms with van der Waals surface area (Å²) in [6.45, 7) is 0. The molecule has 0 rings (SSSR count). The summed E-state index contributed by atoms with van der Waals surface area (Å²) in [4.78, 5) is 10.3. The second-order valence-corrected chi connectivity index (χ2v) is 2.37. The van der Waals surface area contributed by atoms with Crippen molar-refractivity contribution in [1.29, 1.82) is 0 Å². The van der Waals surface area contributed by atoms with Crippen molar-refractivity contribution in [2.24, 2.45) is 5.73 Å². The fraction of sp³-hybridized carbons (Fsp3) is 0.500. The number of hydrogen-bond acceptors (Lipinski definition) is 2. The summed E-state index contributed by atoms with van der Waals surface area (Å²) in [5.41, 5.74) is 4.42. The number of allylic oxidation sites excluding steroid dienone is 1. The zero-order valence-electron chi connectivity index (χ0n) is 6.79. The molecule has 0 bridgehead atoms. The fourth-order valence-corrected chi connectivity index (χ4v) is 0.525. The Labute approximate surface area is 78.5 Å². The molecule has 0 aromatic heterocycles. The van der Waals surface area contributed by atoms with Crippen molar-refractivity contribution in [1.82, 2.24) is 0 Å². The van der Waals surface area contributed by atoms with Gasteiger partial charge >= 0.3 is 18.0 Å². The van der Waals surface area contributed by atoms with Crippen LogP contribution in [-0.2, 0) is 4.79 Å². The third kappa shape index (κ3) is 2.21. The van der Waals surface area contributed by atoms with E-state index in [1.165, 1.54) is 0 Å². The predicted octanol–water partition coefficient (Wildman–Crippen LogP) is 1.86. The van der Waals surface area contributed by atoms with Crippen molar-refractivity contribution in [3.8, 4) is 0 Å². The van der Waals surface area contributed by atoms with Gasteiger partial charge in [0.05, 0.1) is 0 Å². The van der Waals surface area contributed by atoms with Gasteiger partial charge in [-0.05, 0) is 6.20 Å². The van der Waals surface area contributed by atoms with Crippen LogP contribution in [0.5, 0.6) is 0 Å². The molecule has 0 saturated carbocycles. The van der Waals surface area contributed by atoms with Crippen LogP contribution >= 0.6 is 0 Å². The Morgan fingerprint density at radius 3 is 1.67 bits per heavy atom. The van der Waals surface area contributed by atoms with E-state index < -0.39 is 23.8 Å². The van der Waals surface area contributed by atoms with Gasteiger partial charge in [0.25, 0.3) is 0 Å². The summed E-state index contributed by atoms with van der Waals surface area (Å²) in [5, 5.41) is 0. The second kappa shape index (κ2) is 3.70. The third-order valence-corrected chi connectivity index (χ3v) is 1.31. The summed E-state index contributed by atoms with van der Waals surface area (Å²) in [5.74, 6) is -15.0. The monoisotopic (exact) mass is 239 g/mol. The van der Waals surface area contributed by atoms with Gasteiger partial charge in [0.15, 0.2) is 0 Å². The summed E-state index contributed by atoms with van der Waals surface area (Å²) in [7, 11) is 0. The maximum absolute atomic E-state index is 12.4. The van der Waals surface area contributed by atoms with Crippen LogP contribution in [0.4, 0.5) is 30.7 Å². The highest BCUT2D eigenvalue weighted by atomic mass is 19.4. The summed E-state index contributed by atoms with van der Waals surface area (Å²) < 4.78 is 83.4. The van der Waals surface area contributed by atoms with E-state index in [-0.39, 0.29) is 12.3 Å². The van der Waals surface area contributed by atoms with E-state index in [9.17, 15) is 35.5 Å².